The highest BCUT2D eigenvalue weighted by Crippen LogP contribution is 2.43. The molecule has 0 aromatic rings. The molecule has 56 heavy (non-hydrogen) atoms. The molecule has 3 saturated heterocycles. The Morgan fingerprint density at radius 2 is 1.55 bits per heavy atom. The Hall–Kier alpha value is -1.05. The second-order valence-electron chi connectivity index (χ2n) is 18.3. The van der Waals surface area contributed by atoms with Crippen LogP contribution in [0.15, 0.2) is 0 Å². The molecule has 0 unspecified atom stereocenters. The highest BCUT2D eigenvalue weighted by molar-refractivity contribution is 5.73. The van der Waals surface area contributed by atoms with Gasteiger partial charge >= 0.3 is 5.97 Å². The van der Waals surface area contributed by atoms with Gasteiger partial charge in [0.1, 0.15) is 35.1 Å². The summed E-state index contributed by atoms with van der Waals surface area (Å²) in [5, 5.41) is 62.6. The van der Waals surface area contributed by atoms with Gasteiger partial charge in [-0.2, -0.15) is 0 Å². The maximum Gasteiger partial charge on any atom is 0.311 e. The quantitative estimate of drug-likeness (QED) is 0.175. The molecule has 3 heterocycles. The lowest BCUT2D eigenvalue weighted by Crippen LogP contribution is -2.70. The topological polar surface area (TPSA) is 192 Å². The number of hydrogen-bond donors (Lipinski definition) is 6. The van der Waals surface area contributed by atoms with Gasteiger partial charge in [-0.15, -0.1) is 0 Å². The molecule has 15 heteroatoms. The highest BCUT2D eigenvalue weighted by atomic mass is 16.7. The molecular formula is C41H79N3O12. The van der Waals surface area contributed by atoms with Crippen molar-refractivity contribution in [2.45, 2.75) is 192 Å². The monoisotopic (exact) mass is 806 g/mol. The molecule has 3 aliphatic heterocycles. The van der Waals surface area contributed by atoms with Crippen LogP contribution < -0.4 is 5.32 Å². The van der Waals surface area contributed by atoms with E-state index in [1.807, 2.05) is 65.6 Å². The van der Waals surface area contributed by atoms with Gasteiger partial charge in [0.25, 0.3) is 0 Å². The van der Waals surface area contributed by atoms with E-state index in [1.165, 1.54) is 6.92 Å². The van der Waals surface area contributed by atoms with Crippen LogP contribution in [0.25, 0.3) is 0 Å². The van der Waals surface area contributed by atoms with E-state index >= 15 is 0 Å². The number of cyclic esters (lactones) is 1. The summed E-state index contributed by atoms with van der Waals surface area (Å²) in [5.74, 6) is -2.66. The van der Waals surface area contributed by atoms with Crippen LogP contribution in [0.4, 0.5) is 0 Å². The third-order valence-electron chi connectivity index (χ3n) is 13.2. The molecule has 3 rings (SSSR count). The van der Waals surface area contributed by atoms with Crippen molar-refractivity contribution >= 4 is 5.97 Å². The first-order valence-electron chi connectivity index (χ1n) is 20.8. The van der Waals surface area contributed by atoms with Crippen LogP contribution in [0.5, 0.6) is 0 Å². The van der Waals surface area contributed by atoms with Crippen LogP contribution in [0.2, 0.25) is 0 Å². The Morgan fingerprint density at radius 1 is 0.929 bits per heavy atom. The van der Waals surface area contributed by atoms with E-state index in [9.17, 15) is 30.3 Å². The normalized spacial score (nSPS) is 48.0. The Bertz CT molecular complexity index is 1240. The molecule has 330 valence electrons. The van der Waals surface area contributed by atoms with E-state index in [0.29, 0.717) is 19.5 Å². The minimum absolute atomic E-state index is 0.0976. The average molecular weight is 806 g/mol. The predicted octanol–water partition coefficient (Wildman–Crippen LogP) is 1.88. The Kier molecular flexibility index (Phi) is 17.2. The number of esters is 1. The van der Waals surface area contributed by atoms with Gasteiger partial charge in [0.05, 0.1) is 35.9 Å². The fourth-order valence-corrected chi connectivity index (χ4v) is 9.24. The van der Waals surface area contributed by atoms with Crippen molar-refractivity contribution in [1.82, 2.24) is 15.1 Å². The van der Waals surface area contributed by atoms with Gasteiger partial charge in [0, 0.05) is 38.1 Å². The van der Waals surface area contributed by atoms with Gasteiger partial charge in [0.15, 0.2) is 12.6 Å². The number of carbonyl (C=O) groups excluding carboxylic acids is 1. The number of hydrogen-bond acceptors (Lipinski definition) is 15. The molecular weight excluding hydrogens is 726 g/mol. The molecule has 0 saturated carbocycles. The van der Waals surface area contributed by atoms with Crippen LogP contribution in [-0.2, 0) is 33.2 Å². The number of aliphatic hydroxyl groups excluding tert-OH is 2. The van der Waals surface area contributed by atoms with E-state index < -0.39 is 95.5 Å². The number of nitrogens with one attached hydrogen (secondary N) is 1. The molecule has 0 spiro atoms. The van der Waals surface area contributed by atoms with Crippen LogP contribution in [0, 0.1) is 17.8 Å². The van der Waals surface area contributed by atoms with Gasteiger partial charge in [-0.05, 0) is 108 Å². The standard InChI is InChI=1S/C41H79N3O12/c1-16-30-40(11,49)34(46)27(7)42-21-23(3)19-38(9,48)35(56-37-32(45)29(43(12)13)18-24(4)52-37)25(5)33(26(6)36(47)54-30)55-31-20-39(10,51-15)41(50,28(8)53-31)22-44(14)17-2/h23-35,37,42,45-46,48-50H,16-22H2,1-15H3/t23-,24-,25+,26-,27+,28+,29+,30+,31+,32-,33+,34-,35-,37+,38+,39-,40-,41-/m1/s1. The van der Waals surface area contributed by atoms with Gasteiger partial charge in [0.2, 0.25) is 0 Å². The molecule has 3 fully saturated rings. The molecule has 0 aliphatic carbocycles. The van der Waals surface area contributed by atoms with Gasteiger partial charge in [-0.3, -0.25) is 4.79 Å². The molecule has 6 N–H and O–H groups in total. The summed E-state index contributed by atoms with van der Waals surface area (Å²) in [7, 11) is 7.22. The van der Waals surface area contributed by atoms with Crippen molar-refractivity contribution in [1.29, 1.82) is 0 Å². The Balaban J connectivity index is 2.18. The third-order valence-corrected chi connectivity index (χ3v) is 13.2. The maximum absolute atomic E-state index is 14.3. The first kappa shape index (κ1) is 49.3. The van der Waals surface area contributed by atoms with E-state index in [1.54, 1.807) is 41.7 Å². The summed E-state index contributed by atoms with van der Waals surface area (Å²) < 4.78 is 38.4. The minimum atomic E-state index is -1.81. The number of carbonyl (C=O) groups is 1. The Morgan fingerprint density at radius 3 is 2.11 bits per heavy atom. The second kappa shape index (κ2) is 19.6. The zero-order valence-electron chi connectivity index (χ0n) is 37.0. The zero-order valence-corrected chi connectivity index (χ0v) is 37.0. The molecule has 18 atom stereocenters. The van der Waals surface area contributed by atoms with Crippen molar-refractivity contribution in [3.63, 3.8) is 0 Å². The fourth-order valence-electron chi connectivity index (χ4n) is 9.24. The molecule has 0 aromatic carbocycles. The van der Waals surface area contributed by atoms with Crippen LogP contribution in [0.1, 0.15) is 102 Å². The van der Waals surface area contributed by atoms with E-state index in [2.05, 4.69) is 5.32 Å². The summed E-state index contributed by atoms with van der Waals surface area (Å²) >= 11 is 0. The average Bonchev–Trinajstić information content (AvgIpc) is 3.12. The minimum Gasteiger partial charge on any atom is -0.459 e. The lowest BCUT2D eigenvalue weighted by Gasteiger charge is -2.54. The number of likely N-dealkylation sites (N-methyl/N-ethyl adjacent to an activating group) is 2. The summed E-state index contributed by atoms with van der Waals surface area (Å²) in [5.41, 5.74) is -5.94. The summed E-state index contributed by atoms with van der Waals surface area (Å²) in [6.07, 6.45) is -7.57. The molecule has 3 aliphatic rings. The first-order chi connectivity index (χ1) is 25.8. The summed E-state index contributed by atoms with van der Waals surface area (Å²) in [6.45, 7) is 20.9. The fraction of sp³-hybridized carbons (Fsp3) is 0.976. The smallest absolute Gasteiger partial charge is 0.311 e. The van der Waals surface area contributed by atoms with Crippen molar-refractivity contribution in [2.75, 3.05) is 47.9 Å². The zero-order chi connectivity index (χ0) is 42.7. The molecule has 0 bridgehead atoms. The third kappa shape index (κ3) is 10.8. The van der Waals surface area contributed by atoms with Gasteiger partial charge < -0.3 is 69.1 Å². The number of methoxy groups -OCH3 is 1. The second-order valence-corrected chi connectivity index (χ2v) is 18.3. The predicted molar refractivity (Wildman–Crippen MR) is 212 cm³/mol. The maximum atomic E-state index is 14.3. The lowest BCUT2D eigenvalue weighted by atomic mass is 9.75. The number of aliphatic hydroxyl groups is 5. The van der Waals surface area contributed by atoms with Crippen molar-refractivity contribution in [2.24, 2.45) is 17.8 Å². The van der Waals surface area contributed by atoms with Crippen molar-refractivity contribution < 1.29 is 58.7 Å². The molecule has 0 radical (unpaired) electrons. The first-order valence-corrected chi connectivity index (χ1v) is 20.8. The lowest BCUT2D eigenvalue weighted by molar-refractivity contribution is -0.339. The largest absolute Gasteiger partial charge is 0.459 e. The van der Waals surface area contributed by atoms with E-state index in [4.69, 9.17) is 28.4 Å². The van der Waals surface area contributed by atoms with Crippen LogP contribution in [-0.4, -0.2) is 179 Å². The van der Waals surface area contributed by atoms with Crippen LogP contribution >= 0.6 is 0 Å². The summed E-state index contributed by atoms with van der Waals surface area (Å²) in [6, 6.07) is -0.877. The molecule has 0 amide bonds. The summed E-state index contributed by atoms with van der Waals surface area (Å²) in [4.78, 5) is 18.2. The van der Waals surface area contributed by atoms with Gasteiger partial charge in [-0.25, -0.2) is 0 Å². The molecule has 15 nitrogen and oxygen atoms in total. The number of ether oxygens (including phenoxy) is 6. The van der Waals surface area contributed by atoms with Crippen molar-refractivity contribution in [3.05, 3.63) is 0 Å². The van der Waals surface area contributed by atoms with E-state index in [0.717, 1.165) is 0 Å². The SMILES string of the molecule is CC[C@@H]1OC(=O)[C@H](C)[C@@H](O[C@H]2C[C@@](C)(OC)[C@@](O)(CN(C)CC)[C@H](C)O2)[C@H](C)[C@@H](O[C@@H]2O[C@H](C)C[C@H](N(C)C)[C@H]2O)[C@@](C)(O)C[C@@H](C)CN[C@@H](C)[C@@H](O)[C@]1(C)O. The number of nitrogens with zero attached hydrogens (tertiary/aromatic N) is 2. The van der Waals surface area contributed by atoms with Gasteiger partial charge in [-0.1, -0.05) is 27.7 Å². The van der Waals surface area contributed by atoms with Crippen molar-refractivity contribution in [3.8, 4) is 0 Å². The van der Waals surface area contributed by atoms with Crippen LogP contribution in [0.3, 0.4) is 0 Å². The number of rotatable bonds is 10. The van der Waals surface area contributed by atoms with E-state index in [-0.39, 0.29) is 43.9 Å². The molecule has 0 aromatic heterocycles. The Labute approximate surface area is 336 Å². The highest BCUT2D eigenvalue weighted by Gasteiger charge is 2.59.